The highest BCUT2D eigenvalue weighted by Crippen LogP contribution is 2.49. The Morgan fingerprint density at radius 3 is 2.00 bits per heavy atom. The van der Waals surface area contributed by atoms with Crippen LogP contribution in [0.2, 0.25) is 18.1 Å². The zero-order valence-corrected chi connectivity index (χ0v) is 24.9. The Kier molecular flexibility index (Phi) is 11.1. The molecule has 0 aliphatic heterocycles. The van der Waals surface area contributed by atoms with Gasteiger partial charge in [-0.1, -0.05) is 93.0 Å². The maximum Gasteiger partial charge on any atom is 0.192 e. The molecule has 0 aromatic heterocycles. The number of benzene rings is 2. The summed E-state index contributed by atoms with van der Waals surface area (Å²) in [5.74, 6) is 0. The van der Waals surface area contributed by atoms with Gasteiger partial charge in [0.25, 0.3) is 0 Å². The van der Waals surface area contributed by atoms with Crippen LogP contribution in [0.4, 0.5) is 0 Å². The number of rotatable bonds is 13. The third kappa shape index (κ3) is 7.77. The van der Waals surface area contributed by atoms with Gasteiger partial charge in [0, 0.05) is 12.0 Å². The van der Waals surface area contributed by atoms with E-state index in [4.69, 9.17) is 35.0 Å². The normalized spacial score (nSPS) is 23.0. The molecule has 0 saturated heterocycles. The fourth-order valence-electron chi connectivity index (χ4n) is 4.22. The maximum absolute atomic E-state index is 10.5. The molecule has 1 fully saturated rings. The Bertz CT molecular complexity index is 1070. The van der Waals surface area contributed by atoms with Crippen LogP contribution in [0.25, 0.3) is 0 Å². The van der Waals surface area contributed by atoms with E-state index in [1.165, 1.54) is 5.54 Å². The van der Waals surface area contributed by atoms with E-state index in [9.17, 15) is 5.26 Å². The number of hydrogen-bond donors (Lipinski definition) is 0. The number of halogens is 1. The van der Waals surface area contributed by atoms with Crippen molar-refractivity contribution in [3.63, 3.8) is 0 Å². The largest absolute Gasteiger partial charge is 0.410 e. The highest BCUT2D eigenvalue weighted by molar-refractivity contribution is 6.74. The Balaban J connectivity index is 1.70. The van der Waals surface area contributed by atoms with Gasteiger partial charge in [0.1, 0.15) is 19.0 Å². The number of nitriles is 1. The van der Waals surface area contributed by atoms with E-state index in [0.717, 1.165) is 11.1 Å². The van der Waals surface area contributed by atoms with Crippen LogP contribution in [0.1, 0.15) is 38.3 Å². The van der Waals surface area contributed by atoms with Crippen molar-refractivity contribution in [1.29, 1.82) is 5.26 Å². The minimum Gasteiger partial charge on any atom is -0.410 e. The summed E-state index contributed by atoms with van der Waals surface area (Å²) in [5.41, 5.74) is 3.13. The second kappa shape index (κ2) is 13.9. The molecule has 0 N–H and O–H groups in total. The zero-order valence-electron chi connectivity index (χ0n) is 23.1. The number of nitrogens with zero attached hydrogens (tertiary/aromatic N) is 1. The standard InChI is InChI=1S/C30H40ClNO5Si/c1-29(2,3)38(4,5)37-27-16-28(36-23-34-19-25-14-10-7-11-15-25)30(20-32,26(27)17-31)21-35-22-33-18-24-12-8-6-9-13-24/h6-15,17,27-28H,16,18-19,21-23H2,1-5H3/b26-17-/t27-,28+,30+/m1/s1. The molecule has 3 atom stereocenters. The molecule has 0 spiro atoms. The van der Waals surface area contributed by atoms with Crippen LogP contribution in [0.5, 0.6) is 0 Å². The second-order valence-corrected chi connectivity index (χ2v) is 16.1. The van der Waals surface area contributed by atoms with E-state index >= 15 is 0 Å². The molecule has 1 aliphatic carbocycles. The lowest BCUT2D eigenvalue weighted by atomic mass is 9.83. The van der Waals surface area contributed by atoms with E-state index in [1.807, 2.05) is 60.7 Å². The van der Waals surface area contributed by atoms with Crippen molar-refractivity contribution in [2.75, 3.05) is 20.2 Å². The summed E-state index contributed by atoms with van der Waals surface area (Å²) in [6.07, 6.45) is -0.375. The minimum absolute atomic E-state index is 0.000751. The van der Waals surface area contributed by atoms with Crippen molar-refractivity contribution < 1.29 is 23.4 Å². The summed E-state index contributed by atoms with van der Waals surface area (Å²) in [7, 11) is -2.16. The molecule has 0 amide bonds. The molecule has 8 heteroatoms. The average Bonchev–Trinajstić information content (AvgIpc) is 3.18. The highest BCUT2D eigenvalue weighted by Gasteiger charge is 2.55. The van der Waals surface area contributed by atoms with Crippen LogP contribution in [0.15, 0.2) is 71.8 Å². The molecule has 3 rings (SSSR count). The molecule has 2 aromatic rings. The van der Waals surface area contributed by atoms with Crippen LogP contribution in [0.3, 0.4) is 0 Å². The van der Waals surface area contributed by atoms with Gasteiger partial charge in [0.15, 0.2) is 8.32 Å². The molecule has 6 nitrogen and oxygen atoms in total. The van der Waals surface area contributed by atoms with E-state index in [1.54, 1.807) is 0 Å². The van der Waals surface area contributed by atoms with Crippen LogP contribution >= 0.6 is 11.6 Å². The van der Waals surface area contributed by atoms with Crippen molar-refractivity contribution in [2.24, 2.45) is 5.41 Å². The van der Waals surface area contributed by atoms with Crippen LogP contribution in [-0.4, -0.2) is 40.7 Å². The van der Waals surface area contributed by atoms with Crippen LogP contribution < -0.4 is 0 Å². The quantitative estimate of drug-likeness (QED) is 0.148. The zero-order chi connectivity index (χ0) is 27.7. The molecule has 206 valence electrons. The molecular weight excluding hydrogens is 518 g/mol. The lowest BCUT2D eigenvalue weighted by Crippen LogP contribution is -2.44. The first-order valence-electron chi connectivity index (χ1n) is 13.0. The monoisotopic (exact) mass is 557 g/mol. The fourth-order valence-corrected chi connectivity index (χ4v) is 5.85. The van der Waals surface area contributed by atoms with Crippen molar-refractivity contribution in [1.82, 2.24) is 0 Å². The Hall–Kier alpha value is -2.02. The van der Waals surface area contributed by atoms with Gasteiger partial charge in [-0.25, -0.2) is 0 Å². The maximum atomic E-state index is 10.5. The molecule has 0 unspecified atom stereocenters. The Morgan fingerprint density at radius 1 is 0.947 bits per heavy atom. The third-order valence-electron chi connectivity index (χ3n) is 7.47. The summed E-state index contributed by atoms with van der Waals surface area (Å²) in [5, 5.41) is 10.5. The summed E-state index contributed by atoms with van der Waals surface area (Å²) in [4.78, 5) is 0. The van der Waals surface area contributed by atoms with Gasteiger partial charge in [-0.3, -0.25) is 0 Å². The summed E-state index contributed by atoms with van der Waals surface area (Å²) in [6.45, 7) is 11.9. The van der Waals surface area contributed by atoms with Gasteiger partial charge in [-0.05, 0) is 34.8 Å². The number of hydrogen-bond acceptors (Lipinski definition) is 6. The molecule has 1 aliphatic rings. The SMILES string of the molecule is CC(C)(C)[Si](C)(C)O[C@@H]1C[C@H](OCOCc2ccccc2)[C@@](C#N)(COCOCc2ccccc2)/C1=C\Cl. The predicted molar refractivity (Wildman–Crippen MR) is 152 cm³/mol. The molecular formula is C30H40ClNO5Si. The minimum atomic E-state index is -2.16. The summed E-state index contributed by atoms with van der Waals surface area (Å²) in [6, 6.07) is 22.2. The van der Waals surface area contributed by atoms with Crippen molar-refractivity contribution >= 4 is 19.9 Å². The molecule has 2 aromatic carbocycles. The Labute approximate surface area is 233 Å². The van der Waals surface area contributed by atoms with Crippen molar-refractivity contribution in [3.8, 4) is 6.07 Å². The molecule has 1 saturated carbocycles. The predicted octanol–water partition coefficient (Wildman–Crippen LogP) is 7.16. The second-order valence-electron chi connectivity index (χ2n) is 11.2. The van der Waals surface area contributed by atoms with Crippen molar-refractivity contribution in [3.05, 3.63) is 82.9 Å². The molecule has 38 heavy (non-hydrogen) atoms. The lowest BCUT2D eigenvalue weighted by molar-refractivity contribution is -0.136. The van der Waals surface area contributed by atoms with E-state index in [2.05, 4.69) is 39.9 Å². The van der Waals surface area contributed by atoms with Crippen molar-refractivity contribution in [2.45, 2.75) is 70.7 Å². The lowest BCUT2D eigenvalue weighted by Gasteiger charge is -2.39. The van der Waals surface area contributed by atoms with E-state index in [-0.39, 0.29) is 31.3 Å². The van der Waals surface area contributed by atoms with Gasteiger partial charge in [0.2, 0.25) is 0 Å². The first kappa shape index (κ1) is 30.5. The van der Waals surface area contributed by atoms with Crippen LogP contribution in [0, 0.1) is 16.7 Å². The topological polar surface area (TPSA) is 69.9 Å². The average molecular weight is 558 g/mol. The van der Waals surface area contributed by atoms with Gasteiger partial charge in [0.05, 0.1) is 38.1 Å². The summed E-state index contributed by atoms with van der Waals surface area (Å²) < 4.78 is 30.3. The van der Waals surface area contributed by atoms with Gasteiger partial charge >= 0.3 is 0 Å². The van der Waals surface area contributed by atoms with E-state index < -0.39 is 19.8 Å². The smallest absolute Gasteiger partial charge is 0.192 e. The first-order chi connectivity index (χ1) is 18.1. The molecule has 0 radical (unpaired) electrons. The molecule has 0 bridgehead atoms. The third-order valence-corrected chi connectivity index (χ3v) is 12.2. The Morgan fingerprint density at radius 2 is 1.50 bits per heavy atom. The van der Waals surface area contributed by atoms with Gasteiger partial charge in [-0.15, -0.1) is 0 Å². The fraction of sp³-hybridized carbons (Fsp3) is 0.500. The van der Waals surface area contributed by atoms with Gasteiger partial charge in [-0.2, -0.15) is 5.26 Å². The summed E-state index contributed by atoms with van der Waals surface area (Å²) >= 11 is 6.38. The van der Waals surface area contributed by atoms with E-state index in [0.29, 0.717) is 25.2 Å². The first-order valence-corrected chi connectivity index (χ1v) is 16.3. The number of ether oxygens (including phenoxy) is 4. The van der Waals surface area contributed by atoms with Crippen LogP contribution in [-0.2, 0) is 36.6 Å². The van der Waals surface area contributed by atoms with Gasteiger partial charge < -0.3 is 23.4 Å². The highest BCUT2D eigenvalue weighted by atomic mass is 35.5. The molecule has 0 heterocycles.